The van der Waals surface area contributed by atoms with Crippen LogP contribution in [0, 0.1) is 0 Å². The minimum absolute atomic E-state index is 0.0119. The number of aromatic amines is 1. The van der Waals surface area contributed by atoms with Gasteiger partial charge in [-0.05, 0) is 6.42 Å². The lowest BCUT2D eigenvalue weighted by molar-refractivity contribution is -0.131. The predicted octanol–water partition coefficient (Wildman–Crippen LogP) is -0.536. The van der Waals surface area contributed by atoms with Crippen LogP contribution in [-0.4, -0.2) is 55.4 Å². The fourth-order valence-corrected chi connectivity index (χ4v) is 3.00. The number of hydrogen-bond acceptors (Lipinski definition) is 4. The zero-order valence-corrected chi connectivity index (χ0v) is 13.7. The second-order valence-electron chi connectivity index (χ2n) is 6.16. The van der Waals surface area contributed by atoms with Crippen LogP contribution in [0.15, 0.2) is 17.2 Å². The van der Waals surface area contributed by atoms with E-state index in [1.165, 1.54) is 0 Å². The Kier molecular flexibility index (Phi) is 4.08. The third kappa shape index (κ3) is 3.21. The van der Waals surface area contributed by atoms with Crippen LogP contribution in [0.2, 0.25) is 0 Å². The first-order valence-electron chi connectivity index (χ1n) is 7.64. The highest BCUT2D eigenvalue weighted by molar-refractivity contribution is 5.78. The molecule has 8 nitrogen and oxygen atoms in total. The van der Waals surface area contributed by atoms with E-state index in [0.717, 1.165) is 23.4 Å². The van der Waals surface area contributed by atoms with Crippen molar-refractivity contribution in [2.45, 2.75) is 19.5 Å². The van der Waals surface area contributed by atoms with Crippen LogP contribution < -0.4 is 5.56 Å². The van der Waals surface area contributed by atoms with Crippen LogP contribution >= 0.6 is 0 Å². The molecule has 0 saturated carbocycles. The number of fused-ring (bicyclic) bond motifs is 1. The van der Waals surface area contributed by atoms with Crippen molar-refractivity contribution in [3.05, 3.63) is 39.6 Å². The summed E-state index contributed by atoms with van der Waals surface area (Å²) in [5.74, 6) is 0.0674. The van der Waals surface area contributed by atoms with Crippen LogP contribution in [-0.2, 0) is 38.4 Å². The Labute approximate surface area is 134 Å². The highest BCUT2D eigenvalue weighted by atomic mass is 16.2. The largest absolute Gasteiger partial charge is 0.340 e. The molecule has 0 unspecified atom stereocenters. The monoisotopic (exact) mass is 318 g/mol. The number of carbonyl (C=O) groups excluding carboxylic acids is 1. The van der Waals surface area contributed by atoms with E-state index in [0.29, 0.717) is 26.1 Å². The van der Waals surface area contributed by atoms with Gasteiger partial charge in [0.1, 0.15) is 0 Å². The predicted molar refractivity (Wildman–Crippen MR) is 84.7 cm³/mol. The van der Waals surface area contributed by atoms with Gasteiger partial charge in [-0.2, -0.15) is 5.10 Å². The molecule has 1 N–H and O–H groups in total. The summed E-state index contributed by atoms with van der Waals surface area (Å²) in [6.07, 6.45) is 4.37. The van der Waals surface area contributed by atoms with Crippen molar-refractivity contribution in [1.29, 1.82) is 0 Å². The van der Waals surface area contributed by atoms with Crippen LogP contribution in [0.1, 0.15) is 16.8 Å². The summed E-state index contributed by atoms with van der Waals surface area (Å²) in [6, 6.07) is 0. The third-order valence-corrected chi connectivity index (χ3v) is 4.31. The van der Waals surface area contributed by atoms with Gasteiger partial charge in [0.15, 0.2) is 0 Å². The number of nitrogens with zero attached hydrogens (tertiary/aromatic N) is 5. The SMILES string of the molecule is CN(Cc1cnn(C)c1)C(=O)CN1CCc2c(n(C)[nH]c2=O)C1. The minimum atomic E-state index is -0.0119. The first kappa shape index (κ1) is 15.5. The second-order valence-corrected chi connectivity index (χ2v) is 6.16. The number of carbonyl (C=O) groups is 1. The van der Waals surface area contributed by atoms with Gasteiger partial charge in [-0.15, -0.1) is 0 Å². The maximum atomic E-state index is 12.4. The van der Waals surface area contributed by atoms with E-state index in [-0.39, 0.29) is 11.5 Å². The summed E-state index contributed by atoms with van der Waals surface area (Å²) in [6.45, 7) is 2.26. The lowest BCUT2D eigenvalue weighted by Crippen LogP contribution is -2.41. The molecule has 23 heavy (non-hydrogen) atoms. The molecule has 0 aliphatic carbocycles. The molecule has 0 fully saturated rings. The van der Waals surface area contributed by atoms with E-state index in [1.807, 2.05) is 20.3 Å². The van der Waals surface area contributed by atoms with Gasteiger partial charge in [0.25, 0.3) is 5.56 Å². The summed E-state index contributed by atoms with van der Waals surface area (Å²) in [5.41, 5.74) is 2.82. The first-order chi connectivity index (χ1) is 10.9. The summed E-state index contributed by atoms with van der Waals surface area (Å²) in [5, 5.41) is 6.89. The van der Waals surface area contributed by atoms with E-state index < -0.39 is 0 Å². The van der Waals surface area contributed by atoms with Gasteiger partial charge in [0.2, 0.25) is 5.91 Å². The van der Waals surface area contributed by atoms with Crippen LogP contribution in [0.3, 0.4) is 0 Å². The zero-order chi connectivity index (χ0) is 16.6. The number of aryl methyl sites for hydroxylation is 2. The molecule has 2 aromatic rings. The molecular formula is C15H22N6O2. The summed E-state index contributed by atoms with van der Waals surface area (Å²) in [4.78, 5) is 27.9. The van der Waals surface area contributed by atoms with Crippen molar-refractivity contribution < 1.29 is 4.79 Å². The lowest BCUT2D eigenvalue weighted by atomic mass is 10.1. The van der Waals surface area contributed by atoms with Gasteiger partial charge in [0.05, 0.1) is 18.4 Å². The van der Waals surface area contributed by atoms with Gasteiger partial charge in [-0.1, -0.05) is 0 Å². The van der Waals surface area contributed by atoms with Crippen LogP contribution in [0.5, 0.6) is 0 Å². The second kappa shape index (κ2) is 6.04. The number of nitrogens with one attached hydrogen (secondary N) is 1. The number of hydrogen-bond donors (Lipinski definition) is 1. The fourth-order valence-electron chi connectivity index (χ4n) is 3.00. The van der Waals surface area contributed by atoms with Crippen molar-refractivity contribution in [2.24, 2.45) is 14.1 Å². The van der Waals surface area contributed by atoms with Gasteiger partial charge in [0, 0.05) is 58.1 Å². The highest BCUT2D eigenvalue weighted by Gasteiger charge is 2.24. The van der Waals surface area contributed by atoms with E-state index in [2.05, 4.69) is 15.1 Å². The molecule has 1 aliphatic heterocycles. The Morgan fingerprint density at radius 2 is 2.22 bits per heavy atom. The molecule has 3 rings (SSSR count). The van der Waals surface area contributed by atoms with Gasteiger partial charge >= 0.3 is 0 Å². The average Bonchev–Trinajstić information content (AvgIpc) is 3.03. The van der Waals surface area contributed by atoms with E-state index in [1.54, 1.807) is 27.5 Å². The summed E-state index contributed by atoms with van der Waals surface area (Å²) >= 11 is 0. The molecule has 124 valence electrons. The van der Waals surface area contributed by atoms with Gasteiger partial charge < -0.3 is 4.90 Å². The van der Waals surface area contributed by atoms with E-state index in [4.69, 9.17) is 0 Å². The number of aromatic nitrogens is 4. The number of likely N-dealkylation sites (N-methyl/N-ethyl adjacent to an activating group) is 1. The maximum Gasteiger partial charge on any atom is 0.267 e. The molecule has 0 saturated heterocycles. The Balaban J connectivity index is 1.60. The average molecular weight is 318 g/mol. The number of rotatable bonds is 4. The molecule has 1 aliphatic rings. The van der Waals surface area contributed by atoms with Gasteiger partial charge in [-0.25, -0.2) is 0 Å². The van der Waals surface area contributed by atoms with Gasteiger partial charge in [-0.3, -0.25) is 29.0 Å². The molecule has 0 bridgehead atoms. The van der Waals surface area contributed by atoms with Crippen LogP contribution in [0.25, 0.3) is 0 Å². The fraction of sp³-hybridized carbons (Fsp3) is 0.533. The molecule has 8 heteroatoms. The minimum Gasteiger partial charge on any atom is -0.340 e. The normalized spacial score (nSPS) is 14.7. The summed E-state index contributed by atoms with van der Waals surface area (Å²) in [7, 11) is 5.49. The van der Waals surface area contributed by atoms with E-state index >= 15 is 0 Å². The Bertz CT molecular complexity index is 771. The van der Waals surface area contributed by atoms with Crippen molar-refractivity contribution >= 4 is 5.91 Å². The molecular weight excluding hydrogens is 296 g/mol. The standard InChI is InChI=1S/C15H22N6O2/c1-18(7-11-6-16-19(2)8-11)14(22)10-21-5-4-12-13(9-21)20(3)17-15(12)23/h6,8H,4-5,7,9-10H2,1-3H3,(H,17,23). The summed E-state index contributed by atoms with van der Waals surface area (Å²) < 4.78 is 3.49. The zero-order valence-electron chi connectivity index (χ0n) is 13.7. The molecule has 3 heterocycles. The Hall–Kier alpha value is -2.35. The first-order valence-corrected chi connectivity index (χ1v) is 7.64. The van der Waals surface area contributed by atoms with Crippen molar-refractivity contribution in [1.82, 2.24) is 29.4 Å². The van der Waals surface area contributed by atoms with Crippen molar-refractivity contribution in [3.8, 4) is 0 Å². The van der Waals surface area contributed by atoms with Crippen molar-refractivity contribution in [3.63, 3.8) is 0 Å². The Morgan fingerprint density at radius 3 is 2.91 bits per heavy atom. The smallest absolute Gasteiger partial charge is 0.267 e. The van der Waals surface area contributed by atoms with E-state index in [9.17, 15) is 9.59 Å². The molecule has 2 aromatic heterocycles. The molecule has 0 radical (unpaired) electrons. The Morgan fingerprint density at radius 1 is 1.43 bits per heavy atom. The third-order valence-electron chi connectivity index (χ3n) is 4.31. The number of amides is 1. The molecule has 0 aromatic carbocycles. The maximum absolute atomic E-state index is 12.4. The highest BCUT2D eigenvalue weighted by Crippen LogP contribution is 2.15. The van der Waals surface area contributed by atoms with Crippen LogP contribution in [0.4, 0.5) is 0 Å². The molecule has 1 amide bonds. The lowest BCUT2D eigenvalue weighted by Gasteiger charge is -2.28. The molecule has 0 spiro atoms. The van der Waals surface area contributed by atoms with Crippen molar-refractivity contribution in [2.75, 3.05) is 20.1 Å². The quantitative estimate of drug-likeness (QED) is 0.821. The molecule has 0 atom stereocenters. The number of H-pyrrole nitrogens is 1. The topological polar surface area (TPSA) is 79.2 Å².